The van der Waals surface area contributed by atoms with Gasteiger partial charge in [0, 0.05) is 18.2 Å². The summed E-state index contributed by atoms with van der Waals surface area (Å²) in [5, 5.41) is 10.3. The monoisotopic (exact) mass is 367 g/mol. The maximum absolute atomic E-state index is 12.5. The third-order valence-electron chi connectivity index (χ3n) is 5.85. The zero-order valence-electron chi connectivity index (χ0n) is 16.6. The summed E-state index contributed by atoms with van der Waals surface area (Å²) in [5.41, 5.74) is 3.44. The summed E-state index contributed by atoms with van der Waals surface area (Å²) >= 11 is 0. The van der Waals surface area contributed by atoms with E-state index in [-0.39, 0.29) is 5.91 Å². The molecular formula is C24H33NO2. The van der Waals surface area contributed by atoms with E-state index in [4.69, 9.17) is 0 Å². The second-order valence-corrected chi connectivity index (χ2v) is 7.91. The molecule has 2 aliphatic rings. The van der Waals surface area contributed by atoms with E-state index in [2.05, 4.69) is 25.2 Å². The Morgan fingerprint density at radius 1 is 1.19 bits per heavy atom. The van der Waals surface area contributed by atoms with Crippen LogP contribution >= 0.6 is 0 Å². The Morgan fingerprint density at radius 3 is 2.70 bits per heavy atom. The number of rotatable bonds is 10. The summed E-state index contributed by atoms with van der Waals surface area (Å²) in [6, 6.07) is 8.32. The molecule has 1 aromatic carbocycles. The van der Waals surface area contributed by atoms with Crippen molar-refractivity contribution in [3.8, 4) is 0 Å². The zero-order chi connectivity index (χ0) is 19.1. The van der Waals surface area contributed by atoms with Crippen molar-refractivity contribution in [2.45, 2.75) is 83.3 Å². The molecule has 3 nitrogen and oxygen atoms in total. The van der Waals surface area contributed by atoms with Crippen LogP contribution in [-0.4, -0.2) is 17.1 Å². The fraction of sp³-hybridized carbons (Fsp3) is 0.542. The van der Waals surface area contributed by atoms with Gasteiger partial charge in [-0.1, -0.05) is 62.1 Å². The molecule has 3 heteroatoms. The lowest BCUT2D eigenvalue weighted by molar-refractivity contribution is -0.117. The van der Waals surface area contributed by atoms with Gasteiger partial charge in [0.2, 0.25) is 5.91 Å². The number of amides is 1. The molecule has 1 N–H and O–H groups in total. The lowest BCUT2D eigenvalue weighted by Gasteiger charge is -2.25. The number of aliphatic hydroxyl groups is 1. The number of nitrogens with zero attached hydrogens (tertiary/aromatic N) is 1. The number of benzene rings is 1. The predicted octanol–water partition coefficient (Wildman–Crippen LogP) is 5.85. The molecule has 2 atom stereocenters. The van der Waals surface area contributed by atoms with Gasteiger partial charge in [-0.15, -0.1) is 0 Å². The quantitative estimate of drug-likeness (QED) is 0.527. The van der Waals surface area contributed by atoms with Gasteiger partial charge in [-0.3, -0.25) is 4.79 Å². The van der Waals surface area contributed by atoms with E-state index in [0.29, 0.717) is 12.5 Å². The van der Waals surface area contributed by atoms with E-state index in [1.807, 2.05) is 29.2 Å². The number of hydrogen-bond acceptors (Lipinski definition) is 2. The van der Waals surface area contributed by atoms with Gasteiger partial charge in [0.05, 0.1) is 6.10 Å². The van der Waals surface area contributed by atoms with E-state index in [1.54, 1.807) is 0 Å². The van der Waals surface area contributed by atoms with Gasteiger partial charge in [0.1, 0.15) is 0 Å². The molecule has 1 aliphatic carbocycles. The van der Waals surface area contributed by atoms with Crippen molar-refractivity contribution < 1.29 is 9.90 Å². The maximum Gasteiger partial charge on any atom is 0.227 e. The number of anilines is 1. The largest absolute Gasteiger partial charge is 0.388 e. The van der Waals surface area contributed by atoms with Gasteiger partial charge >= 0.3 is 0 Å². The first-order chi connectivity index (χ1) is 13.2. The van der Waals surface area contributed by atoms with Crippen LogP contribution in [0.1, 0.15) is 82.8 Å². The van der Waals surface area contributed by atoms with Crippen LogP contribution in [0.4, 0.5) is 5.69 Å². The minimum atomic E-state index is -0.399. The second kappa shape index (κ2) is 9.89. The first-order valence-electron chi connectivity index (χ1n) is 10.6. The molecule has 1 unspecified atom stereocenters. The first-order valence-corrected chi connectivity index (χ1v) is 10.6. The fourth-order valence-electron chi connectivity index (χ4n) is 4.22. The molecule has 27 heavy (non-hydrogen) atoms. The van der Waals surface area contributed by atoms with E-state index < -0.39 is 6.10 Å². The molecule has 0 saturated carbocycles. The molecule has 1 amide bonds. The number of carbonyl (C=O) groups excluding carboxylic acids is 1. The third kappa shape index (κ3) is 5.32. The Morgan fingerprint density at radius 2 is 2.00 bits per heavy atom. The van der Waals surface area contributed by atoms with Crippen molar-refractivity contribution >= 4 is 11.6 Å². The summed E-state index contributed by atoms with van der Waals surface area (Å²) in [5.74, 6) is 0.234. The summed E-state index contributed by atoms with van der Waals surface area (Å²) in [4.78, 5) is 14.4. The first kappa shape index (κ1) is 19.9. The van der Waals surface area contributed by atoms with Crippen LogP contribution in [0.3, 0.4) is 0 Å². The van der Waals surface area contributed by atoms with Crippen molar-refractivity contribution in [3.05, 3.63) is 53.6 Å². The minimum absolute atomic E-state index is 0.234. The van der Waals surface area contributed by atoms with Crippen LogP contribution < -0.4 is 4.90 Å². The molecule has 0 aromatic heterocycles. The highest BCUT2D eigenvalue weighted by Crippen LogP contribution is 2.31. The maximum atomic E-state index is 12.5. The van der Waals surface area contributed by atoms with Crippen molar-refractivity contribution in [1.29, 1.82) is 0 Å². The number of carbonyl (C=O) groups is 1. The topological polar surface area (TPSA) is 40.5 Å². The highest BCUT2D eigenvalue weighted by atomic mass is 16.3. The van der Waals surface area contributed by atoms with Gasteiger partial charge in [0.25, 0.3) is 0 Å². The Labute approximate surface area is 163 Å². The standard InChI is InChI=1S/C24H33NO2/c1-2-3-4-12-23(26)20-13-15-22(16-14-20)25-21(17-18-24(25)27)11-7-10-19-8-5-6-9-19/h5-6,8,13-16,21,23,26H,2-4,7,9-12,17-18H2,1H3/t21-,23?/m0/s1. The van der Waals surface area contributed by atoms with Crippen LogP contribution in [0.5, 0.6) is 0 Å². The van der Waals surface area contributed by atoms with Gasteiger partial charge in [-0.05, 0) is 56.2 Å². The third-order valence-corrected chi connectivity index (χ3v) is 5.85. The minimum Gasteiger partial charge on any atom is -0.388 e. The summed E-state index contributed by atoms with van der Waals surface area (Å²) in [6.45, 7) is 2.17. The van der Waals surface area contributed by atoms with Crippen LogP contribution in [0, 0.1) is 0 Å². The molecule has 1 aliphatic heterocycles. The van der Waals surface area contributed by atoms with Crippen LogP contribution in [0.2, 0.25) is 0 Å². The zero-order valence-corrected chi connectivity index (χ0v) is 16.6. The lowest BCUT2D eigenvalue weighted by Crippen LogP contribution is -2.32. The molecule has 0 bridgehead atoms. The average molecular weight is 368 g/mol. The molecular weight excluding hydrogens is 334 g/mol. The molecule has 146 valence electrons. The highest BCUT2D eigenvalue weighted by Gasteiger charge is 2.31. The van der Waals surface area contributed by atoms with Crippen LogP contribution in [-0.2, 0) is 4.79 Å². The van der Waals surface area contributed by atoms with Gasteiger partial charge in [0.15, 0.2) is 0 Å². The summed E-state index contributed by atoms with van der Waals surface area (Å²) < 4.78 is 0. The van der Waals surface area contributed by atoms with E-state index in [0.717, 1.165) is 69.0 Å². The summed E-state index contributed by atoms with van der Waals surface area (Å²) in [7, 11) is 0. The van der Waals surface area contributed by atoms with Crippen molar-refractivity contribution in [3.63, 3.8) is 0 Å². The van der Waals surface area contributed by atoms with E-state index >= 15 is 0 Å². The Bertz CT molecular complexity index is 674. The molecule has 0 spiro atoms. The highest BCUT2D eigenvalue weighted by molar-refractivity contribution is 5.96. The van der Waals surface area contributed by atoms with Gasteiger partial charge in [-0.2, -0.15) is 0 Å². The van der Waals surface area contributed by atoms with E-state index in [9.17, 15) is 9.90 Å². The van der Waals surface area contributed by atoms with E-state index in [1.165, 1.54) is 5.57 Å². The smallest absolute Gasteiger partial charge is 0.227 e. The SMILES string of the molecule is CCCCCC(O)c1ccc(N2C(=O)CC[C@@H]2CCCC2=CC=CC2)cc1. The van der Waals surface area contributed by atoms with Crippen molar-refractivity contribution in [2.24, 2.45) is 0 Å². The average Bonchev–Trinajstić information content (AvgIpc) is 3.32. The van der Waals surface area contributed by atoms with Crippen LogP contribution in [0.15, 0.2) is 48.1 Å². The number of aliphatic hydroxyl groups excluding tert-OH is 1. The Kier molecular flexibility index (Phi) is 7.28. The molecule has 3 rings (SSSR count). The lowest BCUT2D eigenvalue weighted by atomic mass is 10.0. The molecule has 1 fully saturated rings. The van der Waals surface area contributed by atoms with Gasteiger partial charge in [-0.25, -0.2) is 0 Å². The molecule has 0 radical (unpaired) electrons. The normalized spacial score (nSPS) is 20.4. The fourth-order valence-corrected chi connectivity index (χ4v) is 4.22. The molecule has 1 aromatic rings. The second-order valence-electron chi connectivity index (χ2n) is 7.91. The molecule has 1 saturated heterocycles. The summed E-state index contributed by atoms with van der Waals surface area (Å²) in [6.07, 6.45) is 16.4. The van der Waals surface area contributed by atoms with Crippen LogP contribution in [0.25, 0.3) is 0 Å². The predicted molar refractivity (Wildman–Crippen MR) is 112 cm³/mol. The van der Waals surface area contributed by atoms with Crippen molar-refractivity contribution in [1.82, 2.24) is 0 Å². The Balaban J connectivity index is 1.56. The van der Waals surface area contributed by atoms with Gasteiger partial charge < -0.3 is 10.0 Å². The van der Waals surface area contributed by atoms with Crippen molar-refractivity contribution in [2.75, 3.05) is 4.90 Å². The number of hydrogen-bond donors (Lipinski definition) is 1. The molecule has 1 heterocycles. The number of allylic oxidation sites excluding steroid dienone is 4. The number of unbranched alkanes of at least 4 members (excludes halogenated alkanes) is 2. The Hall–Kier alpha value is -1.87.